The SMILES string of the molecule is O=C(c1ccc(-n2cncn2)c([N+](=O)[O-])c1)N1CC[C@@H]2CCCC[C@H]2C1. The molecule has 8 nitrogen and oxygen atoms in total. The van der Waals surface area contributed by atoms with E-state index < -0.39 is 4.92 Å². The molecule has 2 aromatic rings. The lowest BCUT2D eigenvalue weighted by atomic mass is 9.75. The molecule has 136 valence electrons. The molecule has 1 aromatic heterocycles. The van der Waals surface area contributed by atoms with Gasteiger partial charge >= 0.3 is 0 Å². The van der Waals surface area contributed by atoms with Gasteiger partial charge in [0.05, 0.1) is 4.92 Å². The summed E-state index contributed by atoms with van der Waals surface area (Å²) in [6, 6.07) is 4.55. The van der Waals surface area contributed by atoms with Crippen molar-refractivity contribution < 1.29 is 9.72 Å². The standard InChI is InChI=1S/C18H21N5O3/c24-18(21-8-7-13-3-1-2-4-15(13)10-21)14-5-6-16(17(9-14)23(25)26)22-12-19-11-20-22/h5-6,9,11-13,15H,1-4,7-8,10H2/t13-,15-/m0/s1. The fraction of sp³-hybridized carbons (Fsp3) is 0.500. The topological polar surface area (TPSA) is 94.2 Å². The maximum absolute atomic E-state index is 12.9. The first-order chi connectivity index (χ1) is 12.6. The van der Waals surface area contributed by atoms with Gasteiger partial charge in [0.2, 0.25) is 0 Å². The molecular formula is C18H21N5O3. The molecule has 1 aliphatic heterocycles. The van der Waals surface area contributed by atoms with E-state index in [1.165, 1.54) is 49.1 Å². The number of amides is 1. The minimum atomic E-state index is -0.485. The van der Waals surface area contributed by atoms with Gasteiger partial charge in [-0.2, -0.15) is 5.10 Å². The van der Waals surface area contributed by atoms with E-state index in [0.717, 1.165) is 25.4 Å². The van der Waals surface area contributed by atoms with Crippen LogP contribution in [0.5, 0.6) is 0 Å². The van der Waals surface area contributed by atoms with E-state index in [2.05, 4.69) is 10.1 Å². The summed E-state index contributed by atoms with van der Waals surface area (Å²) in [6.07, 6.45) is 8.74. The van der Waals surface area contributed by atoms with Crippen molar-refractivity contribution in [2.24, 2.45) is 11.8 Å². The Morgan fingerprint density at radius 1 is 1.19 bits per heavy atom. The summed E-state index contributed by atoms with van der Waals surface area (Å²) < 4.78 is 1.33. The van der Waals surface area contributed by atoms with E-state index in [1.807, 2.05) is 4.90 Å². The Morgan fingerprint density at radius 3 is 2.73 bits per heavy atom. The number of likely N-dealkylation sites (tertiary alicyclic amines) is 1. The van der Waals surface area contributed by atoms with Crippen LogP contribution in [0.1, 0.15) is 42.5 Å². The lowest BCUT2D eigenvalue weighted by Gasteiger charge is -2.41. The number of carbonyl (C=O) groups is 1. The van der Waals surface area contributed by atoms with Crippen LogP contribution in [0.15, 0.2) is 30.9 Å². The van der Waals surface area contributed by atoms with E-state index in [4.69, 9.17) is 0 Å². The Kier molecular flexibility index (Phi) is 4.40. The van der Waals surface area contributed by atoms with Crippen LogP contribution >= 0.6 is 0 Å². The van der Waals surface area contributed by atoms with Crippen LogP contribution in [0.3, 0.4) is 0 Å². The summed E-state index contributed by atoms with van der Waals surface area (Å²) in [7, 11) is 0. The zero-order valence-electron chi connectivity index (χ0n) is 14.5. The lowest BCUT2D eigenvalue weighted by molar-refractivity contribution is -0.384. The Labute approximate surface area is 151 Å². The lowest BCUT2D eigenvalue weighted by Crippen LogP contribution is -2.44. The van der Waals surface area contributed by atoms with Gasteiger partial charge in [-0.05, 0) is 36.8 Å². The summed E-state index contributed by atoms with van der Waals surface area (Å²) >= 11 is 0. The van der Waals surface area contributed by atoms with E-state index in [0.29, 0.717) is 17.2 Å². The molecule has 0 unspecified atom stereocenters. The molecule has 2 atom stereocenters. The zero-order valence-corrected chi connectivity index (χ0v) is 14.5. The normalized spacial score (nSPS) is 22.7. The molecule has 1 saturated carbocycles. The number of hydrogen-bond donors (Lipinski definition) is 0. The summed E-state index contributed by atoms with van der Waals surface area (Å²) in [5.74, 6) is 1.19. The Balaban J connectivity index is 1.58. The zero-order chi connectivity index (χ0) is 18.1. The highest BCUT2D eigenvalue weighted by Gasteiger charge is 2.33. The number of nitro benzene ring substituents is 1. The largest absolute Gasteiger partial charge is 0.338 e. The van der Waals surface area contributed by atoms with Gasteiger partial charge in [0.15, 0.2) is 0 Å². The second kappa shape index (κ2) is 6.86. The minimum absolute atomic E-state index is 0.123. The average Bonchev–Trinajstić information content (AvgIpc) is 3.21. The van der Waals surface area contributed by atoms with Crippen LogP contribution in [0.25, 0.3) is 5.69 Å². The number of hydrogen-bond acceptors (Lipinski definition) is 5. The summed E-state index contributed by atoms with van der Waals surface area (Å²) in [5, 5.41) is 15.4. The van der Waals surface area contributed by atoms with Gasteiger partial charge in [0.1, 0.15) is 18.3 Å². The third-order valence-electron chi connectivity index (χ3n) is 5.66. The van der Waals surface area contributed by atoms with Gasteiger partial charge in [-0.3, -0.25) is 14.9 Å². The first kappa shape index (κ1) is 16.7. The van der Waals surface area contributed by atoms with Gasteiger partial charge in [-0.25, -0.2) is 9.67 Å². The number of nitro groups is 1. The van der Waals surface area contributed by atoms with Crippen LogP contribution < -0.4 is 0 Å². The molecule has 1 amide bonds. The Bertz CT molecular complexity index is 820. The van der Waals surface area contributed by atoms with E-state index in [1.54, 1.807) is 12.1 Å². The summed E-state index contributed by atoms with van der Waals surface area (Å²) in [5.41, 5.74) is 0.513. The van der Waals surface area contributed by atoms with Gasteiger partial charge in [-0.15, -0.1) is 0 Å². The molecule has 8 heteroatoms. The van der Waals surface area contributed by atoms with E-state index >= 15 is 0 Å². The molecule has 0 radical (unpaired) electrons. The summed E-state index contributed by atoms with van der Waals surface area (Å²) in [4.78, 5) is 29.6. The minimum Gasteiger partial charge on any atom is -0.338 e. The number of rotatable bonds is 3. The highest BCUT2D eigenvalue weighted by molar-refractivity contribution is 5.95. The highest BCUT2D eigenvalue weighted by atomic mass is 16.6. The van der Waals surface area contributed by atoms with Crippen molar-refractivity contribution in [1.82, 2.24) is 19.7 Å². The van der Waals surface area contributed by atoms with Crippen LogP contribution in [0.4, 0.5) is 5.69 Å². The van der Waals surface area contributed by atoms with Crippen molar-refractivity contribution in [2.75, 3.05) is 13.1 Å². The van der Waals surface area contributed by atoms with Gasteiger partial charge in [-0.1, -0.05) is 19.3 Å². The monoisotopic (exact) mass is 355 g/mol. The molecule has 1 saturated heterocycles. The molecule has 0 spiro atoms. The van der Waals surface area contributed by atoms with Gasteiger partial charge in [0.25, 0.3) is 11.6 Å². The van der Waals surface area contributed by atoms with Crippen LogP contribution in [-0.4, -0.2) is 43.6 Å². The quantitative estimate of drug-likeness (QED) is 0.623. The van der Waals surface area contributed by atoms with Crippen LogP contribution in [0.2, 0.25) is 0 Å². The number of carbonyl (C=O) groups excluding carboxylic acids is 1. The first-order valence-electron chi connectivity index (χ1n) is 9.06. The smallest absolute Gasteiger partial charge is 0.295 e. The molecular weight excluding hydrogens is 334 g/mol. The Hall–Kier alpha value is -2.77. The van der Waals surface area contributed by atoms with Crippen molar-refractivity contribution in [3.8, 4) is 5.69 Å². The van der Waals surface area contributed by atoms with Crippen molar-refractivity contribution in [2.45, 2.75) is 32.1 Å². The third-order valence-corrected chi connectivity index (χ3v) is 5.66. The number of aromatic nitrogens is 3. The fourth-order valence-electron chi connectivity index (χ4n) is 4.30. The predicted molar refractivity (Wildman–Crippen MR) is 94.0 cm³/mol. The molecule has 0 bridgehead atoms. The van der Waals surface area contributed by atoms with Crippen LogP contribution in [0, 0.1) is 22.0 Å². The highest BCUT2D eigenvalue weighted by Crippen LogP contribution is 2.36. The molecule has 0 N–H and O–H groups in total. The molecule has 2 aliphatic rings. The van der Waals surface area contributed by atoms with Crippen molar-refractivity contribution >= 4 is 11.6 Å². The predicted octanol–water partition coefficient (Wildman–Crippen LogP) is 2.83. The fourth-order valence-corrected chi connectivity index (χ4v) is 4.30. The van der Waals surface area contributed by atoms with Gasteiger partial charge in [0, 0.05) is 24.7 Å². The molecule has 2 heterocycles. The number of benzene rings is 1. The Morgan fingerprint density at radius 2 is 2.00 bits per heavy atom. The molecule has 1 aromatic carbocycles. The van der Waals surface area contributed by atoms with Crippen LogP contribution in [-0.2, 0) is 0 Å². The molecule has 2 fully saturated rings. The maximum atomic E-state index is 12.9. The number of fused-ring (bicyclic) bond motifs is 1. The van der Waals surface area contributed by atoms with Crippen molar-refractivity contribution in [3.05, 3.63) is 46.5 Å². The number of piperidine rings is 1. The van der Waals surface area contributed by atoms with E-state index in [9.17, 15) is 14.9 Å². The van der Waals surface area contributed by atoms with Crippen molar-refractivity contribution in [1.29, 1.82) is 0 Å². The molecule has 1 aliphatic carbocycles. The third kappa shape index (κ3) is 3.07. The second-order valence-corrected chi connectivity index (χ2v) is 7.15. The van der Waals surface area contributed by atoms with Crippen molar-refractivity contribution in [3.63, 3.8) is 0 Å². The van der Waals surface area contributed by atoms with Gasteiger partial charge < -0.3 is 4.90 Å². The number of nitrogens with zero attached hydrogens (tertiary/aromatic N) is 5. The summed E-state index contributed by atoms with van der Waals surface area (Å²) in [6.45, 7) is 1.50. The average molecular weight is 355 g/mol. The van der Waals surface area contributed by atoms with E-state index in [-0.39, 0.29) is 11.6 Å². The first-order valence-corrected chi connectivity index (χ1v) is 9.06. The molecule has 4 rings (SSSR count). The maximum Gasteiger partial charge on any atom is 0.295 e. The second-order valence-electron chi connectivity index (χ2n) is 7.15. The molecule has 26 heavy (non-hydrogen) atoms.